The van der Waals surface area contributed by atoms with Crippen LogP contribution in [0.4, 0.5) is 5.69 Å². The minimum Gasteiger partial charge on any atom is -0.497 e. The first-order chi connectivity index (χ1) is 10.7. The van der Waals surface area contributed by atoms with Gasteiger partial charge in [0.2, 0.25) is 11.8 Å². The van der Waals surface area contributed by atoms with Crippen LogP contribution >= 0.6 is 0 Å². The lowest BCUT2D eigenvalue weighted by Crippen LogP contribution is -2.31. The van der Waals surface area contributed by atoms with Crippen molar-refractivity contribution >= 4 is 28.3 Å². The van der Waals surface area contributed by atoms with Gasteiger partial charge in [-0.15, -0.1) is 0 Å². The number of anilines is 1. The van der Waals surface area contributed by atoms with E-state index in [1.165, 1.54) is 0 Å². The molecule has 2 fully saturated rings. The van der Waals surface area contributed by atoms with Crippen molar-refractivity contribution < 1.29 is 14.3 Å². The van der Waals surface area contributed by atoms with Crippen LogP contribution in [0.3, 0.4) is 0 Å². The summed E-state index contributed by atoms with van der Waals surface area (Å²) in [5.41, 5.74) is 1.05. The summed E-state index contributed by atoms with van der Waals surface area (Å²) < 4.78 is 5.23. The molecule has 0 bridgehead atoms. The van der Waals surface area contributed by atoms with Crippen molar-refractivity contribution in [2.45, 2.75) is 0 Å². The van der Waals surface area contributed by atoms with Crippen molar-refractivity contribution in [3.63, 3.8) is 0 Å². The van der Waals surface area contributed by atoms with Crippen LogP contribution in [0.2, 0.25) is 0 Å². The summed E-state index contributed by atoms with van der Waals surface area (Å²) in [6.45, 7) is 1.20. The normalized spacial score (nSPS) is 23.8. The highest BCUT2D eigenvalue weighted by atomic mass is 16.5. The van der Waals surface area contributed by atoms with Crippen molar-refractivity contribution in [2.75, 3.05) is 25.1 Å². The van der Waals surface area contributed by atoms with Gasteiger partial charge in [0.1, 0.15) is 5.75 Å². The Morgan fingerprint density at radius 2 is 1.64 bits per heavy atom. The minimum atomic E-state index is -0.209. The Bertz CT molecular complexity index is 765. The molecule has 2 aromatic carbocycles. The molecule has 0 unspecified atom stereocenters. The van der Waals surface area contributed by atoms with E-state index in [1.807, 2.05) is 30.3 Å². The third-order valence-electron chi connectivity index (χ3n) is 4.64. The fourth-order valence-electron chi connectivity index (χ4n) is 3.39. The van der Waals surface area contributed by atoms with E-state index in [1.54, 1.807) is 7.11 Å². The highest BCUT2D eigenvalue weighted by Crippen LogP contribution is 2.33. The molecule has 112 valence electrons. The summed E-state index contributed by atoms with van der Waals surface area (Å²) in [5, 5.41) is 4.64. The fourth-order valence-corrected chi connectivity index (χ4v) is 3.39. The lowest BCUT2D eigenvalue weighted by molar-refractivity contribution is -0.126. The third-order valence-corrected chi connectivity index (χ3v) is 4.64. The number of imide groups is 1. The van der Waals surface area contributed by atoms with Crippen LogP contribution in [0.5, 0.6) is 5.75 Å². The highest BCUT2D eigenvalue weighted by molar-refractivity contribution is 6.06. The largest absolute Gasteiger partial charge is 0.497 e. The molecule has 0 aromatic heterocycles. The first-order valence-corrected chi connectivity index (χ1v) is 7.33. The molecule has 2 heterocycles. The lowest BCUT2D eigenvalue weighted by Gasteiger charge is -2.20. The number of amides is 2. The number of nitrogens with one attached hydrogen (secondary N) is 1. The van der Waals surface area contributed by atoms with Crippen LogP contribution in [0.15, 0.2) is 36.4 Å². The van der Waals surface area contributed by atoms with Crippen molar-refractivity contribution in [3.8, 4) is 5.75 Å². The maximum Gasteiger partial charge on any atom is 0.232 e. The fraction of sp³-hybridized carbons (Fsp3) is 0.294. The van der Waals surface area contributed by atoms with Crippen LogP contribution in [0, 0.1) is 11.8 Å². The quantitative estimate of drug-likeness (QED) is 0.854. The molecule has 2 aliphatic heterocycles. The molecule has 1 N–H and O–H groups in total. The van der Waals surface area contributed by atoms with Gasteiger partial charge in [0.05, 0.1) is 18.9 Å². The average Bonchev–Trinajstić information content (AvgIpc) is 3.08. The molecule has 5 heteroatoms. The molecule has 2 saturated heterocycles. The number of methoxy groups -OCH3 is 1. The van der Waals surface area contributed by atoms with Gasteiger partial charge in [-0.1, -0.05) is 12.1 Å². The van der Waals surface area contributed by atoms with Gasteiger partial charge in [0, 0.05) is 18.8 Å². The molecule has 2 aliphatic rings. The Morgan fingerprint density at radius 3 is 2.32 bits per heavy atom. The molecule has 22 heavy (non-hydrogen) atoms. The number of nitrogens with zero attached hydrogens (tertiary/aromatic N) is 1. The topological polar surface area (TPSA) is 58.6 Å². The zero-order valence-electron chi connectivity index (χ0n) is 12.2. The molecule has 5 nitrogen and oxygen atoms in total. The van der Waals surface area contributed by atoms with E-state index < -0.39 is 0 Å². The lowest BCUT2D eigenvalue weighted by atomic mass is 10.00. The predicted molar refractivity (Wildman–Crippen MR) is 82.8 cm³/mol. The van der Waals surface area contributed by atoms with Gasteiger partial charge in [0.25, 0.3) is 0 Å². The molecule has 4 rings (SSSR count). The van der Waals surface area contributed by atoms with Gasteiger partial charge < -0.3 is 9.64 Å². The van der Waals surface area contributed by atoms with E-state index in [2.05, 4.69) is 16.3 Å². The second-order valence-corrected chi connectivity index (χ2v) is 5.87. The highest BCUT2D eigenvalue weighted by Gasteiger charge is 2.47. The summed E-state index contributed by atoms with van der Waals surface area (Å²) in [5.74, 6) is 0.141. The van der Waals surface area contributed by atoms with Crippen molar-refractivity contribution in [1.29, 1.82) is 0 Å². The Morgan fingerprint density at radius 1 is 1.00 bits per heavy atom. The minimum absolute atomic E-state index is 0.136. The second-order valence-electron chi connectivity index (χ2n) is 5.87. The Kier molecular flexibility index (Phi) is 2.82. The van der Waals surface area contributed by atoms with Crippen molar-refractivity contribution in [3.05, 3.63) is 36.4 Å². The van der Waals surface area contributed by atoms with Crippen LogP contribution in [-0.4, -0.2) is 32.0 Å². The van der Waals surface area contributed by atoms with Gasteiger partial charge in [-0.2, -0.15) is 0 Å². The molecule has 0 aliphatic carbocycles. The number of carbonyl (C=O) groups excluding carboxylic acids is 2. The van der Waals surface area contributed by atoms with Crippen LogP contribution in [-0.2, 0) is 9.59 Å². The summed E-state index contributed by atoms with van der Waals surface area (Å²) in [7, 11) is 1.65. The summed E-state index contributed by atoms with van der Waals surface area (Å²) in [4.78, 5) is 25.6. The molecule has 0 saturated carbocycles. The van der Waals surface area contributed by atoms with E-state index in [9.17, 15) is 9.59 Å². The summed E-state index contributed by atoms with van der Waals surface area (Å²) in [6, 6.07) is 12.1. The van der Waals surface area contributed by atoms with Crippen LogP contribution < -0.4 is 15.0 Å². The standard InChI is InChI=1S/C17H16N2O3/c1-22-13-5-3-10-6-12(4-2-11(10)7-13)19-8-14-15(9-19)17(21)18-16(14)20/h2-7,14-15H,8-9H2,1H3,(H,18,20,21)/t14-,15+. The van der Waals surface area contributed by atoms with Crippen molar-refractivity contribution in [2.24, 2.45) is 11.8 Å². The molecule has 2 amide bonds. The zero-order valence-corrected chi connectivity index (χ0v) is 12.2. The van der Waals surface area contributed by atoms with Gasteiger partial charge in [0.15, 0.2) is 0 Å². The van der Waals surface area contributed by atoms with Crippen LogP contribution in [0.25, 0.3) is 10.8 Å². The first-order valence-electron chi connectivity index (χ1n) is 7.33. The second kappa shape index (κ2) is 4.73. The number of benzene rings is 2. The molecule has 0 radical (unpaired) electrons. The van der Waals surface area contributed by atoms with E-state index in [4.69, 9.17) is 4.74 Å². The Labute approximate surface area is 127 Å². The smallest absolute Gasteiger partial charge is 0.232 e. The summed E-state index contributed by atoms with van der Waals surface area (Å²) in [6.07, 6.45) is 0. The van der Waals surface area contributed by atoms with E-state index in [0.29, 0.717) is 13.1 Å². The zero-order chi connectivity index (χ0) is 15.3. The van der Waals surface area contributed by atoms with Gasteiger partial charge in [-0.3, -0.25) is 14.9 Å². The van der Waals surface area contributed by atoms with E-state index >= 15 is 0 Å². The SMILES string of the molecule is COc1ccc2cc(N3C[C@@H]4C(=O)NC(=O)[C@@H]4C3)ccc2c1. The number of fused-ring (bicyclic) bond motifs is 2. The Hall–Kier alpha value is -2.56. The average molecular weight is 296 g/mol. The Balaban J connectivity index is 1.65. The van der Waals surface area contributed by atoms with E-state index in [0.717, 1.165) is 22.2 Å². The van der Waals surface area contributed by atoms with E-state index in [-0.39, 0.29) is 23.7 Å². The molecule has 2 aromatic rings. The van der Waals surface area contributed by atoms with Crippen molar-refractivity contribution in [1.82, 2.24) is 5.32 Å². The van der Waals surface area contributed by atoms with Gasteiger partial charge >= 0.3 is 0 Å². The van der Waals surface area contributed by atoms with Crippen LogP contribution in [0.1, 0.15) is 0 Å². The maximum absolute atomic E-state index is 11.8. The molecule has 0 spiro atoms. The molecule has 2 atom stereocenters. The number of hydrogen-bond acceptors (Lipinski definition) is 4. The summed E-state index contributed by atoms with van der Waals surface area (Å²) >= 11 is 0. The number of hydrogen-bond donors (Lipinski definition) is 1. The molecular formula is C17H16N2O3. The number of rotatable bonds is 2. The predicted octanol–water partition coefficient (Wildman–Crippen LogP) is 1.56. The number of ether oxygens (including phenoxy) is 1. The monoisotopic (exact) mass is 296 g/mol. The molecular weight excluding hydrogens is 280 g/mol. The number of carbonyl (C=O) groups is 2. The van der Waals surface area contributed by atoms with Gasteiger partial charge in [-0.05, 0) is 35.0 Å². The maximum atomic E-state index is 11.8. The third kappa shape index (κ3) is 1.93. The first kappa shape index (κ1) is 13.1. The van der Waals surface area contributed by atoms with Gasteiger partial charge in [-0.25, -0.2) is 0 Å².